The molecule has 0 aromatic rings. The van der Waals surface area contributed by atoms with Crippen LogP contribution in [0.5, 0.6) is 0 Å². The second-order valence-corrected chi connectivity index (χ2v) is 12.7. The standard InChI is InChI=1S/C22H36N4O12S/c1-14(35-20(32)38-26-16(28)8-9-17(26)29)13-39(33,34)11-10-23-15(27)12-25(19(31)37-22(5,6)7)24-18(30)36-21(2,3)4/h14H,8-13H2,1-7H3,(H,23,27)(H,24,30). The van der Waals surface area contributed by atoms with E-state index in [-0.39, 0.29) is 24.4 Å². The Bertz CT molecular complexity index is 1050. The molecule has 0 saturated carbocycles. The topological polar surface area (TPSA) is 204 Å². The number of nitrogens with zero attached hydrogens (tertiary/aromatic N) is 2. The molecule has 0 spiro atoms. The predicted octanol–water partition coefficient (Wildman–Crippen LogP) is 0.800. The third kappa shape index (κ3) is 13.6. The Kier molecular flexibility index (Phi) is 11.5. The van der Waals surface area contributed by atoms with Crippen LogP contribution in [0.2, 0.25) is 0 Å². The van der Waals surface area contributed by atoms with Gasteiger partial charge >= 0.3 is 18.3 Å². The summed E-state index contributed by atoms with van der Waals surface area (Å²) < 4.78 is 39.7. The number of hydrogen-bond donors (Lipinski definition) is 2. The van der Waals surface area contributed by atoms with Gasteiger partial charge in [-0.2, -0.15) is 0 Å². The molecule has 17 heteroatoms. The van der Waals surface area contributed by atoms with Crippen molar-refractivity contribution in [1.29, 1.82) is 0 Å². The maximum absolute atomic E-state index is 12.4. The van der Waals surface area contributed by atoms with Gasteiger partial charge in [0.1, 0.15) is 23.9 Å². The lowest BCUT2D eigenvalue weighted by Crippen LogP contribution is -2.53. The molecule has 222 valence electrons. The van der Waals surface area contributed by atoms with Crippen LogP contribution >= 0.6 is 0 Å². The summed E-state index contributed by atoms with van der Waals surface area (Å²) >= 11 is 0. The van der Waals surface area contributed by atoms with Gasteiger partial charge in [-0.25, -0.2) is 33.2 Å². The monoisotopic (exact) mass is 580 g/mol. The lowest BCUT2D eigenvalue weighted by molar-refractivity contribution is -0.178. The molecule has 2 N–H and O–H groups in total. The van der Waals surface area contributed by atoms with Gasteiger partial charge in [0.25, 0.3) is 11.8 Å². The fourth-order valence-corrected chi connectivity index (χ4v) is 4.18. The van der Waals surface area contributed by atoms with E-state index in [1.54, 1.807) is 41.5 Å². The molecule has 0 bridgehead atoms. The van der Waals surface area contributed by atoms with Crippen LogP contribution < -0.4 is 10.7 Å². The molecular weight excluding hydrogens is 544 g/mol. The highest BCUT2D eigenvalue weighted by molar-refractivity contribution is 7.91. The Labute approximate surface area is 226 Å². The highest BCUT2D eigenvalue weighted by Crippen LogP contribution is 2.14. The summed E-state index contributed by atoms with van der Waals surface area (Å²) in [7, 11) is -3.87. The van der Waals surface area contributed by atoms with Gasteiger partial charge in [-0.05, 0) is 48.5 Å². The number of carbonyl (C=O) groups excluding carboxylic acids is 6. The summed E-state index contributed by atoms with van der Waals surface area (Å²) in [6.07, 6.45) is -4.93. The second-order valence-electron chi connectivity index (χ2n) is 10.5. The molecule has 1 atom stereocenters. The number of hydrogen-bond acceptors (Lipinski definition) is 12. The van der Waals surface area contributed by atoms with Crippen molar-refractivity contribution in [1.82, 2.24) is 20.8 Å². The van der Waals surface area contributed by atoms with E-state index in [2.05, 4.69) is 15.6 Å². The molecule has 0 aliphatic carbocycles. The molecule has 1 aliphatic rings. The SMILES string of the molecule is CC(CS(=O)(=O)CCNC(=O)CN(NC(=O)OC(C)(C)C)C(=O)OC(C)(C)C)OC(=O)ON1C(=O)CCC1=O. The van der Waals surface area contributed by atoms with E-state index in [1.807, 2.05) is 0 Å². The lowest BCUT2D eigenvalue weighted by atomic mass is 10.2. The lowest BCUT2D eigenvalue weighted by Gasteiger charge is -2.28. The first-order chi connectivity index (χ1) is 17.7. The van der Waals surface area contributed by atoms with E-state index >= 15 is 0 Å². The van der Waals surface area contributed by atoms with Crippen LogP contribution in [0.4, 0.5) is 14.4 Å². The zero-order valence-electron chi connectivity index (χ0n) is 23.0. The first kappa shape index (κ1) is 33.4. The largest absolute Gasteiger partial charge is 0.534 e. The van der Waals surface area contributed by atoms with E-state index in [0.29, 0.717) is 5.01 Å². The van der Waals surface area contributed by atoms with Crippen LogP contribution in [0.1, 0.15) is 61.3 Å². The van der Waals surface area contributed by atoms with Crippen molar-refractivity contribution in [2.75, 3.05) is 24.6 Å². The van der Waals surface area contributed by atoms with E-state index in [1.165, 1.54) is 6.92 Å². The van der Waals surface area contributed by atoms with Crippen LogP contribution in [0, 0.1) is 0 Å². The van der Waals surface area contributed by atoms with Gasteiger partial charge < -0.3 is 19.5 Å². The number of sulfone groups is 1. The minimum absolute atomic E-state index is 0.117. The van der Waals surface area contributed by atoms with Crippen LogP contribution in [-0.2, 0) is 43.3 Å². The number of imide groups is 1. The van der Waals surface area contributed by atoms with E-state index < -0.39 is 81.3 Å². The highest BCUT2D eigenvalue weighted by Gasteiger charge is 2.34. The van der Waals surface area contributed by atoms with Crippen molar-refractivity contribution in [2.45, 2.75) is 78.6 Å². The molecule has 5 amide bonds. The smallest absolute Gasteiger partial charge is 0.443 e. The summed E-state index contributed by atoms with van der Waals surface area (Å²) in [6.45, 7) is 9.71. The fraction of sp³-hybridized carbons (Fsp3) is 0.727. The molecule has 0 aromatic heterocycles. The normalized spacial score (nSPS) is 14.8. The van der Waals surface area contributed by atoms with Gasteiger partial charge in [0.05, 0.1) is 11.5 Å². The molecule has 1 saturated heterocycles. The third-order valence-electron chi connectivity index (χ3n) is 4.23. The van der Waals surface area contributed by atoms with Crippen LogP contribution in [-0.4, -0.2) is 96.5 Å². The number of hydroxylamine groups is 2. The van der Waals surface area contributed by atoms with E-state index in [9.17, 15) is 37.2 Å². The Hall–Kier alpha value is -3.63. The summed E-state index contributed by atoms with van der Waals surface area (Å²) in [5.41, 5.74) is 0.289. The molecule has 1 heterocycles. The molecule has 1 unspecified atom stereocenters. The number of amides is 5. The van der Waals surface area contributed by atoms with Crippen LogP contribution in [0.3, 0.4) is 0 Å². The molecule has 0 aromatic carbocycles. The van der Waals surface area contributed by atoms with Crippen molar-refractivity contribution in [2.24, 2.45) is 0 Å². The second kappa shape index (κ2) is 13.4. The molecule has 16 nitrogen and oxygen atoms in total. The zero-order chi connectivity index (χ0) is 30.2. The number of carbonyl (C=O) groups is 6. The van der Waals surface area contributed by atoms with Gasteiger partial charge in [-0.15, -0.1) is 0 Å². The third-order valence-corrected chi connectivity index (χ3v) is 6.04. The average Bonchev–Trinajstić information content (AvgIpc) is 3.01. The quantitative estimate of drug-likeness (QED) is 0.168. The first-order valence-corrected chi connectivity index (χ1v) is 13.7. The van der Waals surface area contributed by atoms with Crippen molar-refractivity contribution in [3.8, 4) is 0 Å². The fourth-order valence-electron chi connectivity index (χ4n) is 2.82. The van der Waals surface area contributed by atoms with Gasteiger partial charge in [0, 0.05) is 19.4 Å². The first-order valence-electron chi connectivity index (χ1n) is 11.9. The van der Waals surface area contributed by atoms with E-state index in [0.717, 1.165) is 0 Å². The molecular formula is C22H36N4O12S. The van der Waals surface area contributed by atoms with Crippen molar-refractivity contribution >= 4 is 45.9 Å². The summed E-state index contributed by atoms with van der Waals surface area (Å²) in [5.74, 6) is -3.47. The Morgan fingerprint density at radius 2 is 1.51 bits per heavy atom. The minimum Gasteiger partial charge on any atom is -0.443 e. The molecule has 1 rings (SSSR count). The number of nitrogens with one attached hydrogen (secondary N) is 2. The molecule has 39 heavy (non-hydrogen) atoms. The van der Waals surface area contributed by atoms with Gasteiger partial charge in [0.2, 0.25) is 5.91 Å². The molecule has 1 fully saturated rings. The number of rotatable bonds is 9. The van der Waals surface area contributed by atoms with E-state index in [4.69, 9.17) is 14.2 Å². The Balaban J connectivity index is 2.60. The Morgan fingerprint density at radius 1 is 0.974 bits per heavy atom. The van der Waals surface area contributed by atoms with Crippen molar-refractivity contribution < 1.29 is 56.2 Å². The summed E-state index contributed by atoms with van der Waals surface area (Å²) in [6, 6.07) is 0. The predicted molar refractivity (Wildman–Crippen MR) is 132 cm³/mol. The molecule has 0 radical (unpaired) electrons. The van der Waals surface area contributed by atoms with Crippen LogP contribution in [0.25, 0.3) is 0 Å². The van der Waals surface area contributed by atoms with Gasteiger partial charge in [-0.1, -0.05) is 5.06 Å². The van der Waals surface area contributed by atoms with Crippen molar-refractivity contribution in [3.05, 3.63) is 0 Å². The summed E-state index contributed by atoms with van der Waals surface area (Å²) in [5, 5.41) is 3.15. The minimum atomic E-state index is -3.87. The average molecular weight is 581 g/mol. The van der Waals surface area contributed by atoms with Crippen molar-refractivity contribution in [3.63, 3.8) is 0 Å². The van der Waals surface area contributed by atoms with Crippen LogP contribution in [0.15, 0.2) is 0 Å². The zero-order valence-corrected chi connectivity index (χ0v) is 23.8. The maximum atomic E-state index is 12.4. The van der Waals surface area contributed by atoms with Gasteiger partial charge in [-0.3, -0.25) is 19.2 Å². The summed E-state index contributed by atoms with van der Waals surface area (Å²) in [4.78, 5) is 76.1. The highest BCUT2D eigenvalue weighted by atomic mass is 32.2. The molecule has 1 aliphatic heterocycles. The number of ether oxygens (including phenoxy) is 3. The Morgan fingerprint density at radius 3 is 2.03 bits per heavy atom. The number of hydrazine groups is 1. The van der Waals surface area contributed by atoms with Gasteiger partial charge in [0.15, 0.2) is 9.84 Å². The maximum Gasteiger partial charge on any atom is 0.534 e.